The molecule has 0 aromatic heterocycles. The molecule has 2 unspecified atom stereocenters. The van der Waals surface area contributed by atoms with Gasteiger partial charge in [0, 0.05) is 0 Å². The number of carbonyl (C=O) groups excluding carboxylic acids is 2. The average molecular weight is 264 g/mol. The molecule has 0 bridgehead atoms. The van der Waals surface area contributed by atoms with Crippen molar-refractivity contribution < 1.29 is 9.59 Å². The summed E-state index contributed by atoms with van der Waals surface area (Å²) in [4.78, 5) is 29.0. The lowest BCUT2D eigenvalue weighted by molar-refractivity contribution is 0.236. The number of isocyanates is 2. The topological polar surface area (TPSA) is 58.9 Å². The highest BCUT2D eigenvalue weighted by Crippen LogP contribution is 2.38. The van der Waals surface area contributed by atoms with Crippen molar-refractivity contribution in [2.45, 2.75) is 77.3 Å². The highest BCUT2D eigenvalue weighted by molar-refractivity contribution is 5.36. The minimum atomic E-state index is -0.351. The van der Waals surface area contributed by atoms with Gasteiger partial charge in [0.1, 0.15) is 0 Å². The Morgan fingerprint density at radius 3 is 2.58 bits per heavy atom. The summed E-state index contributed by atoms with van der Waals surface area (Å²) in [6.07, 6.45) is 9.80. The first-order valence-electron chi connectivity index (χ1n) is 7.07. The SMILES string of the molecule is CC(C)(C)CCCC1(N=C=O)CCCC(N=C=O)C1. The monoisotopic (exact) mass is 264 g/mol. The first-order valence-corrected chi connectivity index (χ1v) is 7.07. The lowest BCUT2D eigenvalue weighted by Crippen LogP contribution is -2.35. The van der Waals surface area contributed by atoms with E-state index in [0.717, 1.165) is 38.5 Å². The maximum atomic E-state index is 10.7. The molecule has 0 N–H and O–H groups in total. The molecule has 0 saturated heterocycles. The minimum absolute atomic E-state index is 0.0296. The van der Waals surface area contributed by atoms with Crippen LogP contribution in [0.2, 0.25) is 0 Å². The van der Waals surface area contributed by atoms with Crippen molar-refractivity contribution in [2.24, 2.45) is 15.4 Å². The second-order valence-corrected chi connectivity index (χ2v) is 6.81. The molecule has 1 aliphatic rings. The van der Waals surface area contributed by atoms with Crippen molar-refractivity contribution >= 4 is 12.2 Å². The fraction of sp³-hybridized carbons (Fsp3) is 0.867. The molecule has 0 spiro atoms. The predicted molar refractivity (Wildman–Crippen MR) is 74.5 cm³/mol. The van der Waals surface area contributed by atoms with Crippen LogP contribution in [0.25, 0.3) is 0 Å². The van der Waals surface area contributed by atoms with Crippen LogP contribution in [-0.4, -0.2) is 23.7 Å². The predicted octanol–water partition coefficient (Wildman–Crippen LogP) is 3.56. The zero-order valence-corrected chi connectivity index (χ0v) is 12.2. The van der Waals surface area contributed by atoms with Crippen molar-refractivity contribution in [3.8, 4) is 0 Å². The zero-order chi connectivity index (χ0) is 14.4. The van der Waals surface area contributed by atoms with Gasteiger partial charge < -0.3 is 0 Å². The Balaban J connectivity index is 2.68. The number of hydrogen-bond donors (Lipinski definition) is 0. The van der Waals surface area contributed by atoms with E-state index >= 15 is 0 Å². The van der Waals surface area contributed by atoms with Gasteiger partial charge in [0.2, 0.25) is 12.2 Å². The third kappa shape index (κ3) is 5.50. The minimum Gasteiger partial charge on any atom is -0.211 e. The number of aliphatic imine (C=N–C) groups is 2. The van der Waals surface area contributed by atoms with Gasteiger partial charge in [-0.25, -0.2) is 14.6 Å². The van der Waals surface area contributed by atoms with Gasteiger partial charge in [-0.2, -0.15) is 4.99 Å². The van der Waals surface area contributed by atoms with Crippen molar-refractivity contribution in [2.75, 3.05) is 0 Å². The number of rotatable bonds is 5. The van der Waals surface area contributed by atoms with E-state index in [2.05, 4.69) is 30.8 Å². The van der Waals surface area contributed by atoms with Gasteiger partial charge in [-0.15, -0.1) is 0 Å². The van der Waals surface area contributed by atoms with Crippen LogP contribution < -0.4 is 0 Å². The van der Waals surface area contributed by atoms with E-state index in [9.17, 15) is 9.59 Å². The smallest absolute Gasteiger partial charge is 0.211 e. The molecule has 0 aliphatic heterocycles. The summed E-state index contributed by atoms with van der Waals surface area (Å²) >= 11 is 0. The van der Waals surface area contributed by atoms with Gasteiger partial charge in [0.05, 0.1) is 11.6 Å². The van der Waals surface area contributed by atoms with Gasteiger partial charge in [0.25, 0.3) is 0 Å². The highest BCUT2D eigenvalue weighted by Gasteiger charge is 2.36. The van der Waals surface area contributed by atoms with Crippen molar-refractivity contribution in [1.29, 1.82) is 0 Å². The Kier molecular flexibility index (Phi) is 5.65. The van der Waals surface area contributed by atoms with Gasteiger partial charge in [-0.3, -0.25) is 0 Å². The molecule has 4 heteroatoms. The van der Waals surface area contributed by atoms with Crippen LogP contribution in [0.5, 0.6) is 0 Å². The summed E-state index contributed by atoms with van der Waals surface area (Å²) in [5, 5.41) is 0. The normalized spacial score (nSPS) is 27.2. The average Bonchev–Trinajstić information content (AvgIpc) is 2.28. The maximum absolute atomic E-state index is 10.7. The second kappa shape index (κ2) is 6.79. The molecule has 0 aromatic rings. The Bertz CT molecular complexity index is 387. The molecule has 2 atom stereocenters. The van der Waals surface area contributed by atoms with Gasteiger partial charge in [-0.1, -0.05) is 27.2 Å². The molecular formula is C15H24N2O2. The zero-order valence-electron chi connectivity index (χ0n) is 12.2. The van der Waals surface area contributed by atoms with E-state index in [1.165, 1.54) is 0 Å². The lowest BCUT2D eigenvalue weighted by atomic mass is 9.75. The fourth-order valence-corrected chi connectivity index (χ4v) is 2.92. The first-order chi connectivity index (χ1) is 8.91. The molecule has 0 aromatic carbocycles. The Labute approximate surface area is 115 Å². The summed E-state index contributed by atoms with van der Waals surface area (Å²) < 4.78 is 0. The summed E-state index contributed by atoms with van der Waals surface area (Å²) in [6.45, 7) is 6.63. The Morgan fingerprint density at radius 2 is 2.00 bits per heavy atom. The highest BCUT2D eigenvalue weighted by atomic mass is 16.1. The van der Waals surface area contributed by atoms with Crippen molar-refractivity contribution in [3.05, 3.63) is 0 Å². The molecule has 106 valence electrons. The summed E-state index contributed by atoms with van der Waals surface area (Å²) in [6, 6.07) is -0.0296. The molecule has 1 rings (SSSR count). The van der Waals surface area contributed by atoms with Crippen LogP contribution >= 0.6 is 0 Å². The summed E-state index contributed by atoms with van der Waals surface area (Å²) in [7, 11) is 0. The molecular weight excluding hydrogens is 240 g/mol. The number of hydrogen-bond acceptors (Lipinski definition) is 4. The van der Waals surface area contributed by atoms with Crippen LogP contribution in [0, 0.1) is 5.41 Å². The molecule has 1 aliphatic carbocycles. The van der Waals surface area contributed by atoms with Crippen LogP contribution in [0.1, 0.15) is 65.7 Å². The van der Waals surface area contributed by atoms with E-state index < -0.39 is 0 Å². The van der Waals surface area contributed by atoms with Crippen LogP contribution in [-0.2, 0) is 9.59 Å². The Morgan fingerprint density at radius 1 is 1.26 bits per heavy atom. The molecule has 0 radical (unpaired) electrons. The largest absolute Gasteiger partial charge is 0.235 e. The third-order valence-corrected chi connectivity index (χ3v) is 3.88. The molecule has 0 heterocycles. The van der Waals surface area contributed by atoms with E-state index in [4.69, 9.17) is 0 Å². The first kappa shape index (κ1) is 15.8. The van der Waals surface area contributed by atoms with Gasteiger partial charge >= 0.3 is 0 Å². The third-order valence-electron chi connectivity index (χ3n) is 3.88. The molecule has 0 amide bonds. The lowest BCUT2D eigenvalue weighted by Gasteiger charge is -2.35. The molecule has 19 heavy (non-hydrogen) atoms. The van der Waals surface area contributed by atoms with Crippen LogP contribution in [0.4, 0.5) is 0 Å². The van der Waals surface area contributed by atoms with Gasteiger partial charge in [-0.05, 0) is 43.9 Å². The van der Waals surface area contributed by atoms with Crippen LogP contribution in [0.3, 0.4) is 0 Å². The molecule has 1 saturated carbocycles. The molecule has 1 fully saturated rings. The molecule has 4 nitrogen and oxygen atoms in total. The standard InChI is InChI=1S/C15H24N2O2/c1-14(2,3)7-5-9-15(17-12-19)8-4-6-13(10-15)16-11-18/h13H,4-10H2,1-3H3. The quantitative estimate of drug-likeness (QED) is 0.563. The maximum Gasteiger partial charge on any atom is 0.235 e. The second-order valence-electron chi connectivity index (χ2n) is 6.81. The van der Waals surface area contributed by atoms with Crippen LogP contribution in [0.15, 0.2) is 9.98 Å². The number of nitrogens with zero attached hydrogens (tertiary/aromatic N) is 2. The van der Waals surface area contributed by atoms with E-state index in [1.54, 1.807) is 12.2 Å². The van der Waals surface area contributed by atoms with E-state index in [1.807, 2.05) is 0 Å². The van der Waals surface area contributed by atoms with E-state index in [0.29, 0.717) is 11.8 Å². The van der Waals surface area contributed by atoms with Crippen molar-refractivity contribution in [1.82, 2.24) is 0 Å². The fourth-order valence-electron chi connectivity index (χ4n) is 2.92. The van der Waals surface area contributed by atoms with E-state index in [-0.39, 0.29) is 11.6 Å². The summed E-state index contributed by atoms with van der Waals surface area (Å²) in [5.74, 6) is 0. The summed E-state index contributed by atoms with van der Waals surface area (Å²) in [5.41, 5.74) is -0.0582. The van der Waals surface area contributed by atoms with Crippen molar-refractivity contribution in [3.63, 3.8) is 0 Å². The van der Waals surface area contributed by atoms with Gasteiger partial charge in [0.15, 0.2) is 0 Å². The Hall–Kier alpha value is -1.24.